The third kappa shape index (κ3) is 10.1. The standard InChI is InChI=1S/C17H20ClNO4S.C10H13BrO/c1-2-3-10-23-14-7-4-12(5-8-14)17(20)13-6-9-15(18)16(11-13)24(19,21)22;1-2-3-8-12-10-6-4-9(11)5-7-10/h4-9,11,17,20H,2-3,10H2,1H3,(H2,19,21,22);4-7H,2-3,8H2,1H3. The van der Waals surface area contributed by atoms with E-state index in [0.717, 1.165) is 41.8 Å². The third-order valence-corrected chi connectivity index (χ3v) is 7.04. The summed E-state index contributed by atoms with van der Waals surface area (Å²) in [6.07, 6.45) is 3.34. The number of sulfonamides is 1. The quantitative estimate of drug-likeness (QED) is 0.235. The SMILES string of the molecule is CCCCOc1ccc(Br)cc1.CCCCOc1ccc(C(O)c2ccc(Cl)c(S(N)(=O)=O)c2)cc1. The van der Waals surface area contributed by atoms with Gasteiger partial charge in [0.05, 0.1) is 18.2 Å². The zero-order chi connectivity index (χ0) is 26.6. The molecular formula is C27H33BrClNO5S. The van der Waals surface area contributed by atoms with Gasteiger partial charge in [0.15, 0.2) is 0 Å². The molecule has 0 fully saturated rings. The average Bonchev–Trinajstić information content (AvgIpc) is 2.86. The number of hydrogen-bond acceptors (Lipinski definition) is 5. The molecule has 1 unspecified atom stereocenters. The van der Waals surface area contributed by atoms with Crippen LogP contribution in [-0.2, 0) is 10.0 Å². The molecule has 0 spiro atoms. The predicted octanol–water partition coefficient (Wildman–Crippen LogP) is 6.88. The molecule has 196 valence electrons. The highest BCUT2D eigenvalue weighted by molar-refractivity contribution is 9.10. The first-order chi connectivity index (χ1) is 17.2. The summed E-state index contributed by atoms with van der Waals surface area (Å²) in [6.45, 7) is 5.71. The molecule has 0 aliphatic carbocycles. The number of aliphatic hydroxyl groups excluding tert-OH is 1. The minimum absolute atomic E-state index is 0.0214. The second-order valence-electron chi connectivity index (χ2n) is 8.06. The number of nitrogens with two attached hydrogens (primary N) is 1. The van der Waals surface area contributed by atoms with Crippen molar-refractivity contribution in [1.29, 1.82) is 0 Å². The molecule has 3 aromatic rings. The maximum atomic E-state index is 11.5. The molecule has 0 saturated carbocycles. The minimum Gasteiger partial charge on any atom is -0.494 e. The van der Waals surface area contributed by atoms with Crippen LogP contribution in [0.3, 0.4) is 0 Å². The minimum atomic E-state index is -3.95. The molecule has 36 heavy (non-hydrogen) atoms. The van der Waals surface area contributed by atoms with Crippen molar-refractivity contribution in [3.63, 3.8) is 0 Å². The van der Waals surface area contributed by atoms with Gasteiger partial charge in [-0.1, -0.05) is 72.4 Å². The van der Waals surface area contributed by atoms with E-state index in [9.17, 15) is 13.5 Å². The number of halogens is 2. The first-order valence-corrected chi connectivity index (χ1v) is 14.5. The van der Waals surface area contributed by atoms with Crippen LogP contribution in [0.5, 0.6) is 11.5 Å². The molecule has 6 nitrogen and oxygen atoms in total. The highest BCUT2D eigenvalue weighted by Gasteiger charge is 2.18. The van der Waals surface area contributed by atoms with Gasteiger partial charge in [0.2, 0.25) is 10.0 Å². The molecule has 0 aliphatic rings. The molecule has 9 heteroatoms. The van der Waals surface area contributed by atoms with Gasteiger partial charge in [-0.25, -0.2) is 13.6 Å². The Morgan fingerprint density at radius 2 is 1.33 bits per heavy atom. The van der Waals surface area contributed by atoms with E-state index < -0.39 is 16.1 Å². The summed E-state index contributed by atoms with van der Waals surface area (Å²) in [6, 6.07) is 19.2. The van der Waals surface area contributed by atoms with Crippen molar-refractivity contribution in [1.82, 2.24) is 0 Å². The summed E-state index contributed by atoms with van der Waals surface area (Å²) in [7, 11) is -3.95. The Labute approximate surface area is 227 Å². The normalized spacial score (nSPS) is 11.8. The number of unbranched alkanes of at least 4 members (excludes halogenated alkanes) is 2. The smallest absolute Gasteiger partial charge is 0.239 e. The average molecular weight is 599 g/mol. The van der Waals surface area contributed by atoms with Crippen LogP contribution in [0.25, 0.3) is 0 Å². The molecule has 0 amide bonds. The molecule has 3 rings (SSSR count). The van der Waals surface area contributed by atoms with Crippen LogP contribution in [0.4, 0.5) is 0 Å². The van der Waals surface area contributed by atoms with Gasteiger partial charge in [0.25, 0.3) is 0 Å². The van der Waals surface area contributed by atoms with Crippen molar-refractivity contribution in [3.8, 4) is 11.5 Å². The number of aliphatic hydroxyl groups is 1. The summed E-state index contributed by atoms with van der Waals surface area (Å²) < 4.78 is 35.2. The monoisotopic (exact) mass is 597 g/mol. The van der Waals surface area contributed by atoms with E-state index in [0.29, 0.717) is 17.7 Å². The Morgan fingerprint density at radius 1 is 0.861 bits per heavy atom. The Hall–Kier alpha value is -2.10. The molecule has 0 heterocycles. The lowest BCUT2D eigenvalue weighted by Gasteiger charge is -2.14. The van der Waals surface area contributed by atoms with Gasteiger partial charge in [-0.15, -0.1) is 0 Å². The maximum Gasteiger partial charge on any atom is 0.239 e. The predicted molar refractivity (Wildman–Crippen MR) is 148 cm³/mol. The zero-order valence-corrected chi connectivity index (χ0v) is 23.7. The second-order valence-corrected chi connectivity index (χ2v) is 10.9. The Balaban J connectivity index is 0.000000319. The summed E-state index contributed by atoms with van der Waals surface area (Å²) in [4.78, 5) is -0.208. The molecular weight excluding hydrogens is 566 g/mol. The van der Waals surface area contributed by atoms with Gasteiger partial charge in [0.1, 0.15) is 22.5 Å². The molecule has 0 saturated heterocycles. The first kappa shape index (κ1) is 30.1. The fourth-order valence-corrected chi connectivity index (χ4v) is 4.39. The topological polar surface area (TPSA) is 98.8 Å². The van der Waals surface area contributed by atoms with Crippen LogP contribution in [0.2, 0.25) is 5.02 Å². The van der Waals surface area contributed by atoms with E-state index in [1.807, 2.05) is 24.3 Å². The van der Waals surface area contributed by atoms with Gasteiger partial charge < -0.3 is 14.6 Å². The van der Waals surface area contributed by atoms with E-state index in [1.165, 1.54) is 18.6 Å². The van der Waals surface area contributed by atoms with Crippen LogP contribution < -0.4 is 14.6 Å². The van der Waals surface area contributed by atoms with Crippen LogP contribution in [0.15, 0.2) is 76.1 Å². The van der Waals surface area contributed by atoms with E-state index in [4.69, 9.17) is 26.2 Å². The van der Waals surface area contributed by atoms with Crippen LogP contribution in [0.1, 0.15) is 56.8 Å². The number of hydrogen-bond donors (Lipinski definition) is 2. The van der Waals surface area contributed by atoms with Gasteiger partial charge in [-0.05, 0) is 72.5 Å². The highest BCUT2D eigenvalue weighted by atomic mass is 79.9. The van der Waals surface area contributed by atoms with Crippen molar-refractivity contribution in [2.45, 2.75) is 50.5 Å². The molecule has 0 aromatic heterocycles. The van der Waals surface area contributed by atoms with Gasteiger partial charge in [-0.2, -0.15) is 0 Å². The highest BCUT2D eigenvalue weighted by Crippen LogP contribution is 2.29. The first-order valence-electron chi connectivity index (χ1n) is 11.8. The van der Waals surface area contributed by atoms with Crippen molar-refractivity contribution < 1.29 is 23.0 Å². The number of benzene rings is 3. The molecule has 3 N–H and O–H groups in total. The largest absolute Gasteiger partial charge is 0.494 e. The summed E-state index contributed by atoms with van der Waals surface area (Å²) in [5.74, 6) is 1.67. The Kier molecular flexibility index (Phi) is 12.7. The fraction of sp³-hybridized carbons (Fsp3) is 0.333. The van der Waals surface area contributed by atoms with Gasteiger partial charge >= 0.3 is 0 Å². The van der Waals surface area contributed by atoms with E-state index in [2.05, 4.69) is 29.8 Å². The van der Waals surface area contributed by atoms with Crippen molar-refractivity contribution >= 4 is 37.6 Å². The summed E-state index contributed by atoms with van der Waals surface area (Å²) >= 11 is 9.23. The zero-order valence-electron chi connectivity index (χ0n) is 20.5. The molecule has 0 aliphatic heterocycles. The van der Waals surface area contributed by atoms with E-state index in [-0.39, 0.29) is 9.92 Å². The maximum absolute atomic E-state index is 11.5. The van der Waals surface area contributed by atoms with Crippen LogP contribution in [-0.4, -0.2) is 26.7 Å². The Bertz CT molecular complexity index is 1170. The van der Waals surface area contributed by atoms with Crippen molar-refractivity contribution in [3.05, 3.63) is 87.4 Å². The van der Waals surface area contributed by atoms with Crippen molar-refractivity contribution in [2.75, 3.05) is 13.2 Å². The van der Waals surface area contributed by atoms with E-state index >= 15 is 0 Å². The molecule has 0 radical (unpaired) electrons. The Morgan fingerprint density at radius 3 is 1.81 bits per heavy atom. The molecule has 0 bridgehead atoms. The van der Waals surface area contributed by atoms with E-state index in [1.54, 1.807) is 30.3 Å². The second kappa shape index (κ2) is 15.2. The number of rotatable bonds is 11. The van der Waals surface area contributed by atoms with Gasteiger partial charge in [0, 0.05) is 4.47 Å². The summed E-state index contributed by atoms with van der Waals surface area (Å²) in [5.41, 5.74) is 1.00. The molecule has 3 aromatic carbocycles. The van der Waals surface area contributed by atoms with Crippen LogP contribution in [0, 0.1) is 0 Å². The lowest BCUT2D eigenvalue weighted by Crippen LogP contribution is -2.13. The van der Waals surface area contributed by atoms with Crippen LogP contribution >= 0.6 is 27.5 Å². The lowest BCUT2D eigenvalue weighted by atomic mass is 10.0. The fourth-order valence-electron chi connectivity index (χ4n) is 3.05. The number of primary sulfonamides is 1. The van der Waals surface area contributed by atoms with Crippen molar-refractivity contribution in [2.24, 2.45) is 5.14 Å². The van der Waals surface area contributed by atoms with Gasteiger partial charge in [-0.3, -0.25) is 0 Å². The molecule has 1 atom stereocenters. The summed E-state index contributed by atoms with van der Waals surface area (Å²) in [5, 5.41) is 15.6. The third-order valence-electron chi connectivity index (χ3n) is 5.12. The number of ether oxygens (including phenoxy) is 2. The lowest BCUT2D eigenvalue weighted by molar-refractivity contribution is 0.220.